The van der Waals surface area contributed by atoms with Gasteiger partial charge in [0.1, 0.15) is 12.1 Å². The molecule has 3 aromatic rings. The third kappa shape index (κ3) is 6.20. The largest absolute Gasteiger partial charge is 0.490 e. The van der Waals surface area contributed by atoms with E-state index < -0.39 is 14.7 Å². The van der Waals surface area contributed by atoms with E-state index in [4.69, 9.17) is 18.9 Å². The van der Waals surface area contributed by atoms with E-state index >= 15 is 0 Å². The maximum atomic E-state index is 13.3. The summed E-state index contributed by atoms with van der Waals surface area (Å²) in [5, 5.41) is 4.67. The highest BCUT2D eigenvalue weighted by molar-refractivity contribution is 6.76. The van der Waals surface area contributed by atoms with Crippen LogP contribution in [-0.4, -0.2) is 48.4 Å². The molecular weight excluding hydrogens is 512 g/mol. The molecule has 0 saturated heterocycles. The molecule has 0 spiro atoms. The zero-order chi connectivity index (χ0) is 27.0. The van der Waals surface area contributed by atoms with Crippen molar-refractivity contribution >= 4 is 19.0 Å². The summed E-state index contributed by atoms with van der Waals surface area (Å²) in [6, 6.07) is 5.84. The van der Waals surface area contributed by atoms with Crippen LogP contribution >= 0.6 is 0 Å². The molecule has 38 heavy (non-hydrogen) atoms. The summed E-state index contributed by atoms with van der Waals surface area (Å²) < 4.78 is 52.5. The van der Waals surface area contributed by atoms with E-state index in [9.17, 15) is 13.6 Å². The lowest BCUT2D eigenvalue weighted by molar-refractivity contribution is -0.0516. The zero-order valence-electron chi connectivity index (χ0n) is 22.3. The zero-order valence-corrected chi connectivity index (χ0v) is 23.3. The van der Waals surface area contributed by atoms with Crippen molar-refractivity contribution < 1.29 is 27.7 Å². The number of aryl methyl sites for hydroxylation is 1. The van der Waals surface area contributed by atoms with Crippen molar-refractivity contribution in [1.82, 2.24) is 14.3 Å². The lowest BCUT2D eigenvalue weighted by Gasteiger charge is -2.18. The molecule has 2 saturated carbocycles. The number of alkyl halides is 2. The maximum absolute atomic E-state index is 13.3. The Kier molecular flexibility index (Phi) is 7.50. The van der Waals surface area contributed by atoms with Crippen LogP contribution in [0, 0.1) is 5.92 Å². The molecule has 0 N–H and O–H groups in total. The van der Waals surface area contributed by atoms with E-state index in [2.05, 4.69) is 24.7 Å². The highest BCUT2D eigenvalue weighted by Crippen LogP contribution is 2.44. The van der Waals surface area contributed by atoms with Crippen LogP contribution in [0.3, 0.4) is 0 Å². The normalized spacial score (nSPS) is 15.9. The maximum Gasteiger partial charge on any atom is 0.387 e. The van der Waals surface area contributed by atoms with Gasteiger partial charge in [0.2, 0.25) is 0 Å². The van der Waals surface area contributed by atoms with Gasteiger partial charge < -0.3 is 23.5 Å². The molecule has 8 nitrogen and oxygen atoms in total. The minimum Gasteiger partial charge on any atom is -0.490 e. The molecule has 2 aliphatic carbocycles. The van der Waals surface area contributed by atoms with Crippen molar-refractivity contribution in [3.05, 3.63) is 34.7 Å². The van der Waals surface area contributed by atoms with Crippen molar-refractivity contribution in [2.24, 2.45) is 13.0 Å². The van der Waals surface area contributed by atoms with E-state index in [1.807, 2.05) is 4.57 Å². The molecule has 5 rings (SSSR count). The summed E-state index contributed by atoms with van der Waals surface area (Å²) in [6.07, 6.45) is 5.52. The van der Waals surface area contributed by atoms with Crippen LogP contribution < -0.4 is 19.8 Å². The molecule has 0 radical (unpaired) electrons. The summed E-state index contributed by atoms with van der Waals surface area (Å²) in [6.45, 7) is 5.15. The second-order valence-electron chi connectivity index (χ2n) is 11.4. The van der Waals surface area contributed by atoms with Crippen molar-refractivity contribution in [3.8, 4) is 28.5 Å². The van der Waals surface area contributed by atoms with Gasteiger partial charge in [0.25, 0.3) is 5.56 Å². The number of rotatable bonds is 13. The van der Waals surface area contributed by atoms with Gasteiger partial charge in [-0.1, -0.05) is 19.6 Å². The van der Waals surface area contributed by atoms with E-state index in [-0.39, 0.29) is 29.9 Å². The average molecular weight is 548 g/mol. The van der Waals surface area contributed by atoms with Gasteiger partial charge in [-0.15, -0.1) is 0 Å². The van der Waals surface area contributed by atoms with Gasteiger partial charge in [-0.05, 0) is 55.8 Å². The Hall–Kier alpha value is -2.92. The van der Waals surface area contributed by atoms with Crippen molar-refractivity contribution in [2.75, 3.05) is 13.2 Å². The van der Waals surface area contributed by atoms with E-state index in [1.165, 1.54) is 10.7 Å². The monoisotopic (exact) mass is 547 g/mol. The van der Waals surface area contributed by atoms with Crippen LogP contribution in [0.1, 0.15) is 25.7 Å². The number of nitrogens with zero attached hydrogens (tertiary/aromatic N) is 3. The lowest BCUT2D eigenvalue weighted by atomic mass is 10.1. The molecule has 0 amide bonds. The van der Waals surface area contributed by atoms with Gasteiger partial charge in [-0.3, -0.25) is 4.79 Å². The molecule has 0 atom stereocenters. The van der Waals surface area contributed by atoms with Crippen LogP contribution in [0.4, 0.5) is 8.78 Å². The molecule has 0 unspecified atom stereocenters. The summed E-state index contributed by atoms with van der Waals surface area (Å²) in [4.78, 5) is 13.3. The topological polar surface area (TPSA) is 76.7 Å². The predicted molar refractivity (Wildman–Crippen MR) is 143 cm³/mol. The Morgan fingerprint density at radius 2 is 1.89 bits per heavy atom. The summed E-state index contributed by atoms with van der Waals surface area (Å²) >= 11 is 0. The first kappa shape index (κ1) is 26.7. The first-order valence-electron chi connectivity index (χ1n) is 13.2. The number of hydrogen-bond acceptors (Lipinski definition) is 6. The van der Waals surface area contributed by atoms with Gasteiger partial charge >= 0.3 is 6.61 Å². The summed E-state index contributed by atoms with van der Waals surface area (Å²) in [5.41, 5.74) is 1.60. The highest BCUT2D eigenvalue weighted by atomic mass is 28.3. The second kappa shape index (κ2) is 10.7. The van der Waals surface area contributed by atoms with Gasteiger partial charge in [-0.2, -0.15) is 13.9 Å². The van der Waals surface area contributed by atoms with Crippen LogP contribution in [0.2, 0.25) is 25.7 Å². The number of aromatic nitrogens is 3. The number of halogens is 2. The summed E-state index contributed by atoms with van der Waals surface area (Å²) in [5.74, 6) is 1.11. The van der Waals surface area contributed by atoms with Gasteiger partial charge in [-0.25, -0.2) is 4.68 Å². The van der Waals surface area contributed by atoms with Gasteiger partial charge in [0.15, 0.2) is 17.2 Å². The molecule has 2 fully saturated rings. The predicted octanol–water partition coefficient (Wildman–Crippen LogP) is 5.65. The van der Waals surface area contributed by atoms with E-state index in [0.29, 0.717) is 47.0 Å². The summed E-state index contributed by atoms with van der Waals surface area (Å²) in [7, 11) is 0.293. The van der Waals surface area contributed by atoms with Crippen LogP contribution in [0.5, 0.6) is 17.2 Å². The van der Waals surface area contributed by atoms with Crippen LogP contribution in [-0.2, 0) is 18.5 Å². The molecule has 2 heterocycles. The third-order valence-corrected chi connectivity index (χ3v) is 8.45. The second-order valence-corrected chi connectivity index (χ2v) is 17.0. The van der Waals surface area contributed by atoms with Crippen LogP contribution in [0.15, 0.2) is 29.2 Å². The highest BCUT2D eigenvalue weighted by Gasteiger charge is 2.30. The molecule has 11 heteroatoms. The smallest absolute Gasteiger partial charge is 0.387 e. The number of benzene rings is 1. The van der Waals surface area contributed by atoms with E-state index in [1.54, 1.807) is 25.4 Å². The molecule has 1 aromatic carbocycles. The van der Waals surface area contributed by atoms with Gasteiger partial charge in [0, 0.05) is 27.3 Å². The minimum absolute atomic E-state index is 0.0249. The first-order chi connectivity index (χ1) is 18.1. The third-order valence-electron chi connectivity index (χ3n) is 6.75. The Bertz CT molecular complexity index is 1360. The Balaban J connectivity index is 1.62. The fourth-order valence-corrected chi connectivity index (χ4v) is 4.95. The minimum atomic E-state index is -2.97. The van der Waals surface area contributed by atoms with Gasteiger partial charge in [0.05, 0.1) is 30.1 Å². The quantitative estimate of drug-likeness (QED) is 0.203. The lowest BCUT2D eigenvalue weighted by Crippen LogP contribution is -2.22. The molecular formula is C27H35F2N3O5Si. The fourth-order valence-electron chi connectivity index (χ4n) is 4.20. The number of hydrogen-bond donors (Lipinski definition) is 0. The Morgan fingerprint density at radius 3 is 2.55 bits per heavy atom. The first-order valence-corrected chi connectivity index (χ1v) is 16.9. The van der Waals surface area contributed by atoms with Crippen molar-refractivity contribution in [2.45, 2.75) is 70.8 Å². The van der Waals surface area contributed by atoms with Crippen LogP contribution in [0.25, 0.3) is 22.2 Å². The average Bonchev–Trinajstić information content (AvgIpc) is 3.77. The fraction of sp³-hybridized carbons (Fsp3) is 0.556. The SMILES string of the molecule is Cn1ncc2c(c(OCC3CC3)c(-c3ccc(OC(F)F)c(OC4CC4)c3)n2COCC[Si](C)(C)C)c1=O. The Labute approximate surface area is 221 Å². The molecule has 2 aliphatic rings. The molecule has 206 valence electrons. The van der Waals surface area contributed by atoms with Crippen molar-refractivity contribution in [1.29, 1.82) is 0 Å². The Morgan fingerprint density at radius 1 is 1.13 bits per heavy atom. The standard InChI is InChI=1S/C27H35F2N3O5Si/c1-31-26(33)23-20(14-30-31)32(16-34-11-12-38(2,3)4)24(25(23)35-15-17-5-6-17)18-7-10-21(37-27(28)29)22(13-18)36-19-8-9-19/h7,10,13-14,17,19,27H,5-6,8-9,11-12,15-16H2,1-4H3. The van der Waals surface area contributed by atoms with Crippen molar-refractivity contribution in [3.63, 3.8) is 0 Å². The number of ether oxygens (including phenoxy) is 4. The molecule has 0 bridgehead atoms. The molecule has 2 aromatic heterocycles. The number of fused-ring (bicyclic) bond motifs is 1. The molecule has 0 aliphatic heterocycles. The van der Waals surface area contributed by atoms with E-state index in [0.717, 1.165) is 31.7 Å².